The number of halogens is 2. The average Bonchev–Trinajstić information content (AvgIpc) is 2.87. The second-order valence-electron chi connectivity index (χ2n) is 7.77. The number of nitrogens with zero attached hydrogens (tertiary/aromatic N) is 2. The maximum absolute atomic E-state index is 13.0. The van der Waals surface area contributed by atoms with Crippen molar-refractivity contribution in [1.29, 1.82) is 0 Å². The maximum Gasteiger partial charge on any atom is 0.335 e. The second-order valence-corrected chi connectivity index (χ2v) is 8.62. The van der Waals surface area contributed by atoms with Gasteiger partial charge in [0.1, 0.15) is 17.1 Å². The standard InChI is InChI=1S/C25H16BrFN4O7/c26-20-11-14(4-9-21(20)38-13-22(32)28-16-7-5-15(27)6-8-16)10-19-23(33)29-25(35)30(24(19)34)17-2-1-3-18(12-17)31(36)37/h1-12H,13H2,(H,28,32)(H,29,33,35)/b19-10-. The van der Waals surface area contributed by atoms with Crippen molar-refractivity contribution < 1.29 is 33.2 Å². The molecule has 13 heteroatoms. The number of urea groups is 1. The van der Waals surface area contributed by atoms with E-state index in [0.717, 1.165) is 6.07 Å². The predicted octanol–water partition coefficient (Wildman–Crippen LogP) is 4.18. The summed E-state index contributed by atoms with van der Waals surface area (Å²) >= 11 is 3.31. The number of anilines is 2. The third kappa shape index (κ3) is 5.90. The van der Waals surface area contributed by atoms with Crippen molar-refractivity contribution in [2.75, 3.05) is 16.8 Å². The molecule has 4 rings (SSSR count). The number of benzene rings is 3. The van der Waals surface area contributed by atoms with Crippen LogP contribution < -0.4 is 20.3 Å². The van der Waals surface area contributed by atoms with Crippen LogP contribution in [-0.2, 0) is 14.4 Å². The number of non-ortho nitro benzene ring substituents is 1. The van der Waals surface area contributed by atoms with Crippen molar-refractivity contribution in [3.8, 4) is 5.75 Å². The number of nitro groups is 1. The van der Waals surface area contributed by atoms with Crippen LogP contribution in [0.3, 0.4) is 0 Å². The van der Waals surface area contributed by atoms with E-state index in [1.165, 1.54) is 66.7 Å². The second kappa shape index (κ2) is 11.0. The highest BCUT2D eigenvalue weighted by molar-refractivity contribution is 9.10. The zero-order chi connectivity index (χ0) is 27.4. The number of nitro benzene ring substituents is 1. The van der Waals surface area contributed by atoms with Gasteiger partial charge in [0, 0.05) is 17.8 Å². The number of hydrogen-bond acceptors (Lipinski definition) is 7. The number of imide groups is 2. The quantitative estimate of drug-likeness (QED) is 0.184. The lowest BCUT2D eigenvalue weighted by Crippen LogP contribution is -2.54. The van der Waals surface area contributed by atoms with E-state index in [1.54, 1.807) is 0 Å². The topological polar surface area (TPSA) is 148 Å². The summed E-state index contributed by atoms with van der Waals surface area (Å²) in [6.45, 7) is -0.350. The summed E-state index contributed by atoms with van der Waals surface area (Å²) in [5.41, 5.74) is -0.0170. The summed E-state index contributed by atoms with van der Waals surface area (Å²) in [7, 11) is 0. The van der Waals surface area contributed by atoms with Gasteiger partial charge in [-0.1, -0.05) is 12.1 Å². The first kappa shape index (κ1) is 26.2. The molecular weight excluding hydrogens is 567 g/mol. The molecule has 1 saturated heterocycles. The molecule has 0 atom stereocenters. The molecule has 3 aromatic rings. The van der Waals surface area contributed by atoms with Crippen LogP contribution in [0.2, 0.25) is 0 Å². The van der Waals surface area contributed by atoms with E-state index in [2.05, 4.69) is 21.2 Å². The SMILES string of the molecule is O=C(COc1ccc(/C=C2/C(=O)NC(=O)N(c3cccc([N+](=O)[O-])c3)C2=O)cc1Br)Nc1ccc(F)cc1. The molecule has 2 N–H and O–H groups in total. The number of amides is 5. The lowest BCUT2D eigenvalue weighted by Gasteiger charge is -2.26. The van der Waals surface area contributed by atoms with E-state index in [-0.39, 0.29) is 29.3 Å². The van der Waals surface area contributed by atoms with Crippen LogP contribution in [0.1, 0.15) is 5.56 Å². The van der Waals surface area contributed by atoms with Crippen molar-refractivity contribution in [1.82, 2.24) is 5.32 Å². The number of carbonyl (C=O) groups is 4. The van der Waals surface area contributed by atoms with Gasteiger partial charge >= 0.3 is 6.03 Å². The largest absolute Gasteiger partial charge is 0.483 e. The lowest BCUT2D eigenvalue weighted by molar-refractivity contribution is -0.384. The van der Waals surface area contributed by atoms with Gasteiger partial charge in [-0.25, -0.2) is 14.1 Å². The molecule has 0 bridgehead atoms. The number of barbiturate groups is 1. The molecule has 1 aliphatic rings. The van der Waals surface area contributed by atoms with Crippen molar-refractivity contribution >= 4 is 62.8 Å². The molecule has 1 fully saturated rings. The van der Waals surface area contributed by atoms with Crippen LogP contribution in [0, 0.1) is 15.9 Å². The maximum atomic E-state index is 13.0. The summed E-state index contributed by atoms with van der Waals surface area (Å²) in [4.78, 5) is 60.9. The van der Waals surface area contributed by atoms with Gasteiger partial charge in [0.2, 0.25) is 0 Å². The van der Waals surface area contributed by atoms with Gasteiger partial charge in [-0.2, -0.15) is 0 Å². The van der Waals surface area contributed by atoms with E-state index >= 15 is 0 Å². The van der Waals surface area contributed by atoms with Crippen LogP contribution in [0.4, 0.5) is 26.2 Å². The normalized spacial score (nSPS) is 14.3. The summed E-state index contributed by atoms with van der Waals surface area (Å²) in [6, 6.07) is 13.6. The van der Waals surface area contributed by atoms with E-state index in [1.807, 2.05) is 5.32 Å². The van der Waals surface area contributed by atoms with Crippen LogP contribution in [0.15, 0.2) is 76.8 Å². The molecule has 0 aliphatic carbocycles. The van der Waals surface area contributed by atoms with Gasteiger partial charge in [0.15, 0.2) is 6.61 Å². The molecule has 11 nitrogen and oxygen atoms in total. The summed E-state index contributed by atoms with van der Waals surface area (Å²) in [5.74, 6) is -2.53. The number of ether oxygens (including phenoxy) is 1. The van der Waals surface area contributed by atoms with Crippen LogP contribution in [0.5, 0.6) is 5.75 Å². The van der Waals surface area contributed by atoms with Crippen LogP contribution in [-0.4, -0.2) is 35.3 Å². The monoisotopic (exact) mass is 582 g/mol. The third-order valence-electron chi connectivity index (χ3n) is 5.15. The fraction of sp³-hybridized carbons (Fsp3) is 0.0400. The number of rotatable bonds is 7. The zero-order valence-electron chi connectivity index (χ0n) is 19.1. The summed E-state index contributed by atoms with van der Waals surface area (Å²) < 4.78 is 18.9. The van der Waals surface area contributed by atoms with Crippen molar-refractivity contribution in [3.63, 3.8) is 0 Å². The minimum atomic E-state index is -1.04. The molecule has 0 spiro atoms. The molecule has 38 heavy (non-hydrogen) atoms. The molecule has 3 aromatic carbocycles. The predicted molar refractivity (Wildman–Crippen MR) is 137 cm³/mol. The van der Waals surface area contributed by atoms with E-state index in [4.69, 9.17) is 4.74 Å². The lowest BCUT2D eigenvalue weighted by atomic mass is 10.1. The molecule has 5 amide bonds. The Morgan fingerprint density at radius 3 is 2.53 bits per heavy atom. The van der Waals surface area contributed by atoms with Gasteiger partial charge in [0.05, 0.1) is 15.1 Å². The highest BCUT2D eigenvalue weighted by atomic mass is 79.9. The fourth-order valence-corrected chi connectivity index (χ4v) is 3.91. The smallest absolute Gasteiger partial charge is 0.335 e. The molecule has 0 radical (unpaired) electrons. The number of hydrogen-bond donors (Lipinski definition) is 2. The zero-order valence-corrected chi connectivity index (χ0v) is 20.7. The molecule has 192 valence electrons. The highest BCUT2D eigenvalue weighted by Gasteiger charge is 2.37. The van der Waals surface area contributed by atoms with Gasteiger partial charge in [-0.3, -0.25) is 29.8 Å². The van der Waals surface area contributed by atoms with Crippen LogP contribution >= 0.6 is 15.9 Å². The highest BCUT2D eigenvalue weighted by Crippen LogP contribution is 2.29. The van der Waals surface area contributed by atoms with Crippen molar-refractivity contribution in [3.05, 3.63) is 98.3 Å². The molecule has 1 aliphatic heterocycles. The van der Waals surface area contributed by atoms with Gasteiger partial charge in [-0.05, 0) is 70.0 Å². The average molecular weight is 583 g/mol. The van der Waals surface area contributed by atoms with E-state index < -0.39 is 34.5 Å². The number of carbonyl (C=O) groups excluding carboxylic acids is 4. The van der Waals surface area contributed by atoms with E-state index in [9.17, 15) is 33.7 Å². The first-order valence-electron chi connectivity index (χ1n) is 10.8. The Morgan fingerprint density at radius 2 is 1.84 bits per heavy atom. The Labute approximate surface area is 222 Å². The van der Waals surface area contributed by atoms with Crippen molar-refractivity contribution in [2.45, 2.75) is 0 Å². The number of nitrogens with one attached hydrogen (secondary N) is 2. The minimum Gasteiger partial charge on any atom is -0.483 e. The summed E-state index contributed by atoms with van der Waals surface area (Å²) in [5, 5.41) is 15.7. The molecule has 0 aromatic heterocycles. The van der Waals surface area contributed by atoms with Gasteiger partial charge in [-0.15, -0.1) is 0 Å². The third-order valence-corrected chi connectivity index (χ3v) is 5.77. The Kier molecular flexibility index (Phi) is 7.58. The Bertz CT molecular complexity index is 1510. The Balaban J connectivity index is 1.49. The fourth-order valence-electron chi connectivity index (χ4n) is 3.40. The van der Waals surface area contributed by atoms with Gasteiger partial charge < -0.3 is 10.1 Å². The minimum absolute atomic E-state index is 0.0797. The van der Waals surface area contributed by atoms with Crippen molar-refractivity contribution in [2.24, 2.45) is 0 Å². The first-order valence-corrected chi connectivity index (χ1v) is 11.6. The molecule has 0 saturated carbocycles. The first-order chi connectivity index (χ1) is 18.1. The van der Waals surface area contributed by atoms with Crippen LogP contribution in [0.25, 0.3) is 6.08 Å². The Hall–Kier alpha value is -4.91. The van der Waals surface area contributed by atoms with Gasteiger partial charge in [0.25, 0.3) is 23.4 Å². The molecule has 0 unspecified atom stereocenters. The molecule has 1 heterocycles. The van der Waals surface area contributed by atoms with E-state index in [0.29, 0.717) is 20.6 Å². The molecular formula is C25H16BrFN4O7. The Morgan fingerprint density at radius 1 is 1.11 bits per heavy atom. The summed E-state index contributed by atoms with van der Waals surface area (Å²) in [6.07, 6.45) is 1.24.